The van der Waals surface area contributed by atoms with Crippen molar-refractivity contribution in [2.24, 2.45) is 5.92 Å². The van der Waals surface area contributed by atoms with E-state index >= 15 is 0 Å². The zero-order valence-electron chi connectivity index (χ0n) is 12.3. The Morgan fingerprint density at radius 2 is 2.00 bits per heavy atom. The molecule has 0 bridgehead atoms. The smallest absolute Gasteiger partial charge is 0.412 e. The fourth-order valence-electron chi connectivity index (χ4n) is 1.84. The summed E-state index contributed by atoms with van der Waals surface area (Å²) in [7, 11) is 0. The van der Waals surface area contributed by atoms with Gasteiger partial charge >= 0.3 is 6.09 Å². The molecule has 1 aliphatic rings. The summed E-state index contributed by atoms with van der Waals surface area (Å²) < 4.78 is 5.19. The average molecular weight is 276 g/mol. The van der Waals surface area contributed by atoms with Gasteiger partial charge in [0.2, 0.25) is 0 Å². The highest BCUT2D eigenvalue weighted by molar-refractivity contribution is 6.06. The van der Waals surface area contributed by atoms with E-state index in [2.05, 4.69) is 10.3 Å². The van der Waals surface area contributed by atoms with Gasteiger partial charge in [0, 0.05) is 17.2 Å². The largest absolute Gasteiger partial charge is 0.444 e. The van der Waals surface area contributed by atoms with Gasteiger partial charge in [-0.3, -0.25) is 15.1 Å². The molecule has 1 aromatic heterocycles. The highest BCUT2D eigenvalue weighted by Crippen LogP contribution is 2.34. The quantitative estimate of drug-likeness (QED) is 0.860. The van der Waals surface area contributed by atoms with Crippen LogP contribution in [0.25, 0.3) is 0 Å². The van der Waals surface area contributed by atoms with E-state index in [1.165, 1.54) is 6.20 Å². The van der Waals surface area contributed by atoms with Gasteiger partial charge in [-0.2, -0.15) is 0 Å². The van der Waals surface area contributed by atoms with E-state index in [1.807, 2.05) is 6.92 Å². The summed E-state index contributed by atoms with van der Waals surface area (Å²) in [5.74, 6) is 0.164. The number of nitrogens with zero attached hydrogens (tertiary/aromatic N) is 1. The maximum absolute atomic E-state index is 12.2. The molecule has 1 aromatic rings. The number of Topliss-reactive ketones (excluding diaryl/α,β-unsaturated/α-hetero) is 1. The lowest BCUT2D eigenvalue weighted by Gasteiger charge is -2.20. The van der Waals surface area contributed by atoms with Crippen LogP contribution in [-0.2, 0) is 4.74 Å². The number of carbonyl (C=O) groups is 2. The second kappa shape index (κ2) is 5.23. The Morgan fingerprint density at radius 1 is 1.35 bits per heavy atom. The molecule has 0 spiro atoms. The molecular weight excluding hydrogens is 256 g/mol. The van der Waals surface area contributed by atoms with Crippen LogP contribution in [0.5, 0.6) is 0 Å². The molecule has 1 saturated carbocycles. The van der Waals surface area contributed by atoms with Gasteiger partial charge in [-0.1, -0.05) is 0 Å². The number of ether oxygens (including phenoxy) is 1. The van der Waals surface area contributed by atoms with Crippen LogP contribution < -0.4 is 5.32 Å². The first-order chi connectivity index (χ1) is 9.26. The molecule has 5 nitrogen and oxygen atoms in total. The summed E-state index contributed by atoms with van der Waals surface area (Å²) in [4.78, 5) is 28.2. The van der Waals surface area contributed by atoms with Crippen LogP contribution in [0.2, 0.25) is 0 Å². The van der Waals surface area contributed by atoms with Crippen LogP contribution >= 0.6 is 0 Å². The van der Waals surface area contributed by atoms with Gasteiger partial charge in [0.15, 0.2) is 5.78 Å². The Hall–Kier alpha value is -1.91. The summed E-state index contributed by atoms with van der Waals surface area (Å²) in [6.45, 7) is 7.18. The van der Waals surface area contributed by atoms with E-state index in [4.69, 9.17) is 4.74 Å². The molecule has 2 rings (SSSR count). The second-order valence-electron chi connectivity index (χ2n) is 6.14. The van der Waals surface area contributed by atoms with E-state index in [9.17, 15) is 9.59 Å². The zero-order valence-corrected chi connectivity index (χ0v) is 12.3. The van der Waals surface area contributed by atoms with Crippen molar-refractivity contribution in [3.63, 3.8) is 0 Å². The number of amides is 1. The van der Waals surface area contributed by atoms with Gasteiger partial charge in [0.1, 0.15) is 5.60 Å². The maximum Gasteiger partial charge on any atom is 0.412 e. The number of ketones is 1. The zero-order chi connectivity index (χ0) is 14.9. The summed E-state index contributed by atoms with van der Waals surface area (Å²) in [5, 5.41) is 2.61. The van der Waals surface area contributed by atoms with Crippen LogP contribution in [0.4, 0.5) is 10.5 Å². The summed E-state index contributed by atoms with van der Waals surface area (Å²) >= 11 is 0. The number of nitrogens with one attached hydrogen (secondary N) is 1. The lowest BCUT2D eigenvalue weighted by Crippen LogP contribution is -2.28. The lowest BCUT2D eigenvalue weighted by molar-refractivity contribution is 0.0636. The van der Waals surface area contributed by atoms with E-state index in [-0.39, 0.29) is 11.7 Å². The number of aryl methyl sites for hydroxylation is 1. The predicted molar refractivity (Wildman–Crippen MR) is 75.9 cm³/mol. The molecular formula is C15H20N2O3. The minimum absolute atomic E-state index is 0.0709. The Kier molecular flexibility index (Phi) is 3.79. The number of pyridine rings is 1. The molecule has 5 heteroatoms. The summed E-state index contributed by atoms with van der Waals surface area (Å²) in [6, 6.07) is 1.72. The highest BCUT2D eigenvalue weighted by atomic mass is 16.6. The van der Waals surface area contributed by atoms with E-state index < -0.39 is 11.7 Å². The first-order valence-electron chi connectivity index (χ1n) is 6.77. The minimum atomic E-state index is -0.580. The van der Waals surface area contributed by atoms with Crippen LogP contribution in [0.1, 0.15) is 49.7 Å². The normalized spacial score (nSPS) is 14.8. The van der Waals surface area contributed by atoms with Gasteiger partial charge in [0.05, 0.1) is 11.9 Å². The molecule has 1 aliphatic carbocycles. The van der Waals surface area contributed by atoms with Gasteiger partial charge in [-0.15, -0.1) is 0 Å². The topological polar surface area (TPSA) is 68.3 Å². The molecule has 0 saturated heterocycles. The van der Waals surface area contributed by atoms with Crippen molar-refractivity contribution in [1.29, 1.82) is 0 Å². The first-order valence-corrected chi connectivity index (χ1v) is 6.77. The molecule has 0 atom stereocenters. The molecule has 108 valence electrons. The summed E-state index contributed by atoms with van der Waals surface area (Å²) in [6.07, 6.45) is 2.78. The predicted octanol–water partition coefficient (Wildman–Crippen LogP) is 3.33. The maximum atomic E-state index is 12.2. The number of anilines is 1. The average Bonchev–Trinajstić information content (AvgIpc) is 3.12. The van der Waals surface area contributed by atoms with Gasteiger partial charge in [-0.05, 0) is 46.6 Å². The van der Waals surface area contributed by atoms with Crippen molar-refractivity contribution in [2.75, 3.05) is 5.32 Å². The summed E-state index contributed by atoms with van der Waals surface area (Å²) in [5.41, 5.74) is 1.11. The van der Waals surface area contributed by atoms with Gasteiger partial charge < -0.3 is 4.74 Å². The Labute approximate surface area is 118 Å². The molecule has 0 unspecified atom stereocenters. The lowest BCUT2D eigenvalue weighted by atomic mass is 10.1. The Morgan fingerprint density at radius 3 is 2.55 bits per heavy atom. The van der Waals surface area contributed by atoms with Crippen molar-refractivity contribution in [3.05, 3.63) is 23.5 Å². The molecule has 0 radical (unpaired) electrons. The van der Waals surface area contributed by atoms with Crippen LogP contribution in [0.3, 0.4) is 0 Å². The van der Waals surface area contributed by atoms with E-state index in [1.54, 1.807) is 26.8 Å². The number of aromatic nitrogens is 1. The Bertz CT molecular complexity index is 543. The fraction of sp³-hybridized carbons (Fsp3) is 0.533. The van der Waals surface area contributed by atoms with Gasteiger partial charge in [-0.25, -0.2) is 4.79 Å². The number of rotatable bonds is 3. The number of hydrogen-bond donors (Lipinski definition) is 1. The fourth-order valence-corrected chi connectivity index (χ4v) is 1.84. The SMILES string of the molecule is Cc1cc(C(=O)C2CC2)c(NC(=O)OC(C)(C)C)cn1. The van der Waals surface area contributed by atoms with Crippen LogP contribution in [-0.4, -0.2) is 22.5 Å². The minimum Gasteiger partial charge on any atom is -0.444 e. The van der Waals surface area contributed by atoms with Crippen molar-refractivity contribution < 1.29 is 14.3 Å². The molecule has 0 aromatic carbocycles. The monoisotopic (exact) mass is 276 g/mol. The molecule has 0 aliphatic heterocycles. The molecule has 1 fully saturated rings. The van der Waals surface area contributed by atoms with Crippen LogP contribution in [0.15, 0.2) is 12.3 Å². The van der Waals surface area contributed by atoms with E-state index in [0.717, 1.165) is 18.5 Å². The van der Waals surface area contributed by atoms with Crippen molar-refractivity contribution in [3.8, 4) is 0 Å². The number of carbonyl (C=O) groups excluding carboxylic acids is 2. The van der Waals surface area contributed by atoms with Crippen molar-refractivity contribution >= 4 is 17.6 Å². The third-order valence-corrected chi connectivity index (χ3v) is 2.89. The number of hydrogen-bond acceptors (Lipinski definition) is 4. The van der Waals surface area contributed by atoms with E-state index in [0.29, 0.717) is 11.3 Å². The van der Waals surface area contributed by atoms with Gasteiger partial charge in [0.25, 0.3) is 0 Å². The molecule has 20 heavy (non-hydrogen) atoms. The molecule has 1 heterocycles. The molecule has 1 N–H and O–H groups in total. The van der Waals surface area contributed by atoms with Crippen molar-refractivity contribution in [1.82, 2.24) is 4.98 Å². The second-order valence-corrected chi connectivity index (χ2v) is 6.14. The van der Waals surface area contributed by atoms with Crippen molar-refractivity contribution in [2.45, 2.75) is 46.1 Å². The molecule has 1 amide bonds. The first kappa shape index (κ1) is 14.5. The third-order valence-electron chi connectivity index (χ3n) is 2.89. The standard InChI is InChI=1S/C15H20N2O3/c1-9-7-11(13(18)10-5-6-10)12(8-16-9)17-14(19)20-15(2,3)4/h7-8,10H,5-6H2,1-4H3,(H,17,19). The highest BCUT2D eigenvalue weighted by Gasteiger charge is 2.32. The van der Waals surface area contributed by atoms with Crippen LogP contribution in [0, 0.1) is 12.8 Å². The third kappa shape index (κ3) is 3.79. The Balaban J connectivity index is 2.18.